The highest BCUT2D eigenvalue weighted by Crippen LogP contribution is 2.35. The monoisotopic (exact) mass is 619 g/mol. The number of hydrazone groups is 1. The van der Waals surface area contributed by atoms with Crippen molar-refractivity contribution in [2.24, 2.45) is 5.10 Å². The molecule has 2 aromatic carbocycles. The van der Waals surface area contributed by atoms with Gasteiger partial charge in [-0.15, -0.1) is 0 Å². The normalized spacial score (nSPS) is 14.8. The van der Waals surface area contributed by atoms with Gasteiger partial charge in [-0.25, -0.2) is 10.2 Å². The van der Waals surface area contributed by atoms with E-state index >= 15 is 0 Å². The van der Waals surface area contributed by atoms with Crippen LogP contribution < -0.4 is 25.5 Å². The fraction of sp³-hybridized carbons (Fsp3) is 0.240. The minimum atomic E-state index is -0.636. The molecule has 38 heavy (non-hydrogen) atoms. The molecule has 1 amide bonds. The summed E-state index contributed by atoms with van der Waals surface area (Å²) in [5.74, 6) is -0.286. The van der Waals surface area contributed by atoms with E-state index in [0.29, 0.717) is 43.5 Å². The third kappa shape index (κ3) is 7.44. The highest BCUT2D eigenvalue weighted by Gasteiger charge is 2.32. The molecule has 1 heterocycles. The molecule has 0 aliphatic carbocycles. The van der Waals surface area contributed by atoms with E-state index in [0.717, 1.165) is 0 Å². The van der Waals surface area contributed by atoms with Gasteiger partial charge < -0.3 is 24.8 Å². The standard InChI is InChI=1S/C25H23BrClN5O5S/c1-3-35-24(34)21-14(2)30-25(38)31-22(21)16-6-4-5-7-19(16)37-13-20(33)32-29-12-15-10-17(26)23(18(27)11-15)36-9-8-28/h4-7,10-12,22H,3,9,13H2,1-2H3,(H,32,33)(H2,30,31,38)/t22-/m1/s1. The first-order valence-corrected chi connectivity index (χ1v) is 12.8. The average Bonchev–Trinajstić information content (AvgIpc) is 2.87. The summed E-state index contributed by atoms with van der Waals surface area (Å²) in [6.07, 6.45) is 1.40. The van der Waals surface area contributed by atoms with Crippen molar-refractivity contribution in [1.82, 2.24) is 16.1 Å². The quantitative estimate of drug-likeness (QED) is 0.157. The summed E-state index contributed by atoms with van der Waals surface area (Å²) in [4.78, 5) is 25.1. The molecule has 0 saturated heterocycles. The zero-order valence-corrected chi connectivity index (χ0v) is 23.5. The maximum Gasteiger partial charge on any atom is 0.338 e. The lowest BCUT2D eigenvalue weighted by molar-refractivity contribution is -0.139. The molecule has 3 rings (SSSR count). The van der Waals surface area contributed by atoms with E-state index in [1.165, 1.54) is 6.21 Å². The zero-order chi connectivity index (χ0) is 27.7. The van der Waals surface area contributed by atoms with E-state index in [1.54, 1.807) is 50.2 Å². The molecule has 1 atom stereocenters. The molecule has 10 nitrogen and oxygen atoms in total. The van der Waals surface area contributed by atoms with Gasteiger partial charge in [0.2, 0.25) is 0 Å². The number of amides is 1. The number of rotatable bonds is 10. The molecular weight excluding hydrogens is 598 g/mol. The third-order valence-electron chi connectivity index (χ3n) is 5.06. The van der Waals surface area contributed by atoms with E-state index in [9.17, 15) is 9.59 Å². The fourth-order valence-electron chi connectivity index (χ4n) is 3.51. The van der Waals surface area contributed by atoms with Crippen molar-refractivity contribution in [1.29, 1.82) is 5.26 Å². The first-order valence-electron chi connectivity index (χ1n) is 11.2. The minimum Gasteiger partial charge on any atom is -0.483 e. The van der Waals surface area contributed by atoms with Crippen molar-refractivity contribution < 1.29 is 23.8 Å². The molecule has 0 aromatic heterocycles. The van der Waals surface area contributed by atoms with Crippen LogP contribution in [0.25, 0.3) is 0 Å². The number of para-hydroxylation sites is 1. The lowest BCUT2D eigenvalue weighted by atomic mass is 9.95. The number of benzene rings is 2. The van der Waals surface area contributed by atoms with Crippen LogP contribution in [-0.2, 0) is 14.3 Å². The predicted octanol–water partition coefficient (Wildman–Crippen LogP) is 3.89. The van der Waals surface area contributed by atoms with Crippen LogP contribution in [0.5, 0.6) is 11.5 Å². The molecule has 13 heteroatoms. The first-order chi connectivity index (χ1) is 18.2. The van der Waals surface area contributed by atoms with Crippen LogP contribution in [0, 0.1) is 11.3 Å². The summed E-state index contributed by atoms with van der Waals surface area (Å²) in [5, 5.41) is 19.2. The lowest BCUT2D eigenvalue weighted by Crippen LogP contribution is -2.45. The number of carbonyl (C=O) groups is 2. The van der Waals surface area contributed by atoms with Crippen molar-refractivity contribution in [2.45, 2.75) is 19.9 Å². The van der Waals surface area contributed by atoms with Gasteiger partial charge in [-0.2, -0.15) is 10.4 Å². The molecule has 0 radical (unpaired) electrons. The van der Waals surface area contributed by atoms with Gasteiger partial charge in [-0.1, -0.05) is 29.8 Å². The number of thiocarbonyl (C=S) groups is 1. The van der Waals surface area contributed by atoms with Gasteiger partial charge >= 0.3 is 5.97 Å². The Bertz CT molecular complexity index is 1320. The maximum absolute atomic E-state index is 12.7. The number of nitrogens with zero attached hydrogens (tertiary/aromatic N) is 2. The summed E-state index contributed by atoms with van der Waals surface area (Å²) in [5.41, 5.74) is 4.50. The third-order valence-corrected chi connectivity index (χ3v) is 6.15. The van der Waals surface area contributed by atoms with Crippen molar-refractivity contribution >= 4 is 63.0 Å². The van der Waals surface area contributed by atoms with E-state index in [1.807, 2.05) is 6.07 Å². The first kappa shape index (κ1) is 28.9. The molecule has 2 aromatic rings. The maximum atomic E-state index is 12.7. The Morgan fingerprint density at radius 1 is 1.32 bits per heavy atom. The minimum absolute atomic E-state index is 0.147. The van der Waals surface area contributed by atoms with Crippen LogP contribution in [0.2, 0.25) is 5.02 Å². The summed E-state index contributed by atoms with van der Waals surface area (Å²) in [6.45, 7) is 3.19. The number of hydrogen-bond acceptors (Lipinski definition) is 8. The van der Waals surface area contributed by atoms with Crippen molar-refractivity contribution in [3.05, 3.63) is 68.3 Å². The van der Waals surface area contributed by atoms with Crippen molar-refractivity contribution in [3.8, 4) is 17.6 Å². The molecule has 0 saturated carbocycles. The zero-order valence-electron chi connectivity index (χ0n) is 20.3. The van der Waals surface area contributed by atoms with E-state index in [-0.39, 0.29) is 24.8 Å². The summed E-state index contributed by atoms with van der Waals surface area (Å²) in [7, 11) is 0. The SMILES string of the molecule is CCOC(=O)C1=C(C)NC(=S)N[C@@H]1c1ccccc1OCC(=O)NN=Cc1cc(Cl)c(OCC#N)c(Br)c1. The van der Waals surface area contributed by atoms with E-state index < -0.39 is 17.9 Å². The number of nitrogens with one attached hydrogen (secondary N) is 3. The fourth-order valence-corrected chi connectivity index (χ4v) is 4.77. The number of carbonyl (C=O) groups excluding carboxylic acids is 2. The highest BCUT2D eigenvalue weighted by molar-refractivity contribution is 9.10. The number of halogens is 2. The predicted molar refractivity (Wildman–Crippen MR) is 149 cm³/mol. The van der Waals surface area contributed by atoms with E-state index in [4.69, 9.17) is 43.3 Å². The van der Waals surface area contributed by atoms with Crippen molar-refractivity contribution in [3.63, 3.8) is 0 Å². The molecule has 1 aliphatic rings. The Kier molecular flexibility index (Phi) is 10.5. The summed E-state index contributed by atoms with van der Waals surface area (Å²) in [6, 6.07) is 11.5. The average molecular weight is 621 g/mol. The molecule has 0 bridgehead atoms. The molecule has 0 fully saturated rings. The number of hydrogen-bond donors (Lipinski definition) is 3. The number of esters is 1. The highest BCUT2D eigenvalue weighted by atomic mass is 79.9. The van der Waals surface area contributed by atoms with Gasteiger partial charge in [0.25, 0.3) is 5.91 Å². The van der Waals surface area contributed by atoms with Gasteiger partial charge in [0, 0.05) is 11.3 Å². The second-order valence-corrected chi connectivity index (χ2v) is 9.34. The van der Waals surface area contributed by atoms with Crippen LogP contribution in [0.15, 0.2) is 57.2 Å². The van der Waals surface area contributed by atoms with Crippen LogP contribution in [0.4, 0.5) is 0 Å². The van der Waals surface area contributed by atoms with Gasteiger partial charge in [0.1, 0.15) is 11.8 Å². The number of allylic oxidation sites excluding steroid dienone is 1. The number of ether oxygens (including phenoxy) is 3. The summed E-state index contributed by atoms with van der Waals surface area (Å²) < 4.78 is 16.8. The van der Waals surface area contributed by atoms with E-state index in [2.05, 4.69) is 37.1 Å². The molecule has 3 N–H and O–H groups in total. The molecule has 0 unspecified atom stereocenters. The molecule has 1 aliphatic heterocycles. The molecular formula is C25H23BrClN5O5S. The van der Waals surface area contributed by atoms with Crippen LogP contribution in [0.1, 0.15) is 31.0 Å². The van der Waals surface area contributed by atoms with Crippen LogP contribution in [0.3, 0.4) is 0 Å². The van der Waals surface area contributed by atoms with Crippen LogP contribution in [-0.4, -0.2) is 43.0 Å². The molecule has 198 valence electrons. The largest absolute Gasteiger partial charge is 0.483 e. The Hall–Kier alpha value is -3.66. The Labute approximate surface area is 238 Å². The Morgan fingerprint density at radius 3 is 2.79 bits per heavy atom. The smallest absolute Gasteiger partial charge is 0.338 e. The van der Waals surface area contributed by atoms with Gasteiger partial charge in [-0.3, -0.25) is 4.79 Å². The summed E-state index contributed by atoms with van der Waals surface area (Å²) >= 11 is 14.8. The second-order valence-electron chi connectivity index (χ2n) is 7.67. The van der Waals surface area contributed by atoms with Gasteiger partial charge in [-0.05, 0) is 65.8 Å². The number of nitriles is 1. The van der Waals surface area contributed by atoms with Gasteiger partial charge in [0.15, 0.2) is 24.1 Å². The second kappa shape index (κ2) is 13.8. The topological polar surface area (TPSA) is 134 Å². The van der Waals surface area contributed by atoms with Crippen LogP contribution >= 0.6 is 39.7 Å². The Morgan fingerprint density at radius 2 is 2.08 bits per heavy atom. The Balaban J connectivity index is 1.68. The van der Waals surface area contributed by atoms with Gasteiger partial charge in [0.05, 0.1) is 33.9 Å². The lowest BCUT2D eigenvalue weighted by Gasteiger charge is -2.30. The van der Waals surface area contributed by atoms with Crippen molar-refractivity contribution in [2.75, 3.05) is 19.8 Å². The molecule has 0 spiro atoms.